The fraction of sp³-hybridized carbons (Fsp3) is 0.667. The highest BCUT2D eigenvalue weighted by Crippen LogP contribution is 2.60. The molecule has 0 spiro atoms. The Morgan fingerprint density at radius 2 is 1.50 bits per heavy atom. The van der Waals surface area contributed by atoms with Crippen molar-refractivity contribution in [1.29, 1.82) is 5.26 Å². The molecule has 1 aromatic carbocycles. The van der Waals surface area contributed by atoms with Crippen LogP contribution in [0.1, 0.15) is 76.0 Å². The summed E-state index contributed by atoms with van der Waals surface area (Å²) in [6.07, 6.45) is 8.54. The van der Waals surface area contributed by atoms with Gasteiger partial charge in [0.05, 0.1) is 11.6 Å². The first-order valence-electron chi connectivity index (χ1n) is 8.94. The smallest absolute Gasteiger partial charge is 0.0991 e. The van der Waals surface area contributed by atoms with E-state index in [1.54, 1.807) is 0 Å². The molecule has 1 nitrogen and oxygen atoms in total. The topological polar surface area (TPSA) is 23.8 Å². The number of nitrogens with zero attached hydrogens (tertiary/aromatic N) is 1. The van der Waals surface area contributed by atoms with Gasteiger partial charge < -0.3 is 0 Å². The molecule has 4 aliphatic rings. The van der Waals surface area contributed by atoms with Crippen molar-refractivity contribution >= 4 is 0 Å². The molecule has 1 heteroatoms. The molecule has 0 radical (unpaired) electrons. The Balaban J connectivity index is 1.81. The van der Waals surface area contributed by atoms with E-state index in [1.807, 2.05) is 0 Å². The van der Waals surface area contributed by atoms with Crippen molar-refractivity contribution < 1.29 is 0 Å². The maximum Gasteiger partial charge on any atom is 0.0991 e. The Morgan fingerprint density at radius 1 is 0.955 bits per heavy atom. The lowest BCUT2D eigenvalue weighted by atomic mass is 9.48. The Hall–Kier alpha value is -1.29. The number of hydrogen-bond acceptors (Lipinski definition) is 1. The molecule has 0 atom stereocenters. The zero-order valence-electron chi connectivity index (χ0n) is 14.2. The van der Waals surface area contributed by atoms with Gasteiger partial charge in [0.2, 0.25) is 0 Å². The maximum atomic E-state index is 9.48. The van der Waals surface area contributed by atoms with Gasteiger partial charge in [-0.05, 0) is 90.4 Å². The minimum atomic E-state index is 0.115. The molecular weight excluding hydrogens is 266 g/mol. The molecule has 22 heavy (non-hydrogen) atoms. The molecule has 1 aromatic rings. The number of benzene rings is 1. The molecule has 0 unspecified atom stereocenters. The Bertz CT molecular complexity index is 606. The van der Waals surface area contributed by atoms with Crippen LogP contribution in [-0.2, 0) is 10.8 Å². The molecule has 5 rings (SSSR count). The lowest BCUT2D eigenvalue weighted by Crippen LogP contribution is -2.48. The highest BCUT2D eigenvalue weighted by molar-refractivity contribution is 5.44. The summed E-state index contributed by atoms with van der Waals surface area (Å²) in [5, 5.41) is 9.48. The molecule has 0 heterocycles. The molecule has 0 aliphatic heterocycles. The van der Waals surface area contributed by atoms with Crippen LogP contribution < -0.4 is 0 Å². The van der Waals surface area contributed by atoms with Crippen LogP contribution in [0.15, 0.2) is 18.2 Å². The summed E-state index contributed by atoms with van der Waals surface area (Å²) < 4.78 is 0. The van der Waals surface area contributed by atoms with E-state index >= 15 is 0 Å². The Morgan fingerprint density at radius 3 is 1.95 bits per heavy atom. The number of rotatable bonds is 1. The maximum absolute atomic E-state index is 9.48. The van der Waals surface area contributed by atoms with Crippen molar-refractivity contribution in [3.8, 4) is 6.07 Å². The monoisotopic (exact) mass is 293 g/mol. The first-order valence-corrected chi connectivity index (χ1v) is 8.94. The summed E-state index contributed by atoms with van der Waals surface area (Å²) in [6.45, 7) is 6.77. The van der Waals surface area contributed by atoms with E-state index in [0.29, 0.717) is 5.41 Å². The van der Waals surface area contributed by atoms with Gasteiger partial charge in [-0.2, -0.15) is 5.26 Å². The summed E-state index contributed by atoms with van der Waals surface area (Å²) in [7, 11) is 0. The van der Waals surface area contributed by atoms with Gasteiger partial charge in [0, 0.05) is 0 Å². The summed E-state index contributed by atoms with van der Waals surface area (Å²) in [5.74, 6) is 2.86. The van der Waals surface area contributed by atoms with Gasteiger partial charge in [0.1, 0.15) is 0 Å². The second-order valence-corrected chi connectivity index (χ2v) is 9.36. The SMILES string of the molecule is CC(C)(C)c1cc(C#N)cc(C23C[C@H]4C[C@@H](C2)C[C@@H](C3)C4)c1. The van der Waals surface area contributed by atoms with Crippen LogP contribution in [0.5, 0.6) is 0 Å². The zero-order valence-corrected chi connectivity index (χ0v) is 14.2. The molecular formula is C21H27N. The van der Waals surface area contributed by atoms with Crippen molar-refractivity contribution in [1.82, 2.24) is 0 Å². The molecule has 4 bridgehead atoms. The van der Waals surface area contributed by atoms with Crippen LogP contribution in [0, 0.1) is 29.1 Å². The van der Waals surface area contributed by atoms with E-state index < -0.39 is 0 Å². The second-order valence-electron chi connectivity index (χ2n) is 9.36. The first-order chi connectivity index (χ1) is 10.4. The number of hydrogen-bond donors (Lipinski definition) is 0. The molecule has 0 aromatic heterocycles. The van der Waals surface area contributed by atoms with Crippen molar-refractivity contribution in [2.45, 2.75) is 70.1 Å². The van der Waals surface area contributed by atoms with E-state index in [2.05, 4.69) is 45.0 Å². The van der Waals surface area contributed by atoms with E-state index in [9.17, 15) is 5.26 Å². The molecule has 0 saturated heterocycles. The lowest BCUT2D eigenvalue weighted by Gasteiger charge is -2.57. The fourth-order valence-corrected chi connectivity index (χ4v) is 5.90. The van der Waals surface area contributed by atoms with E-state index in [4.69, 9.17) is 0 Å². The second kappa shape index (κ2) is 4.60. The lowest BCUT2D eigenvalue weighted by molar-refractivity contribution is -0.00525. The van der Waals surface area contributed by atoms with Crippen LogP contribution in [0.25, 0.3) is 0 Å². The Labute approximate surface area is 134 Å². The van der Waals surface area contributed by atoms with Gasteiger partial charge in [-0.15, -0.1) is 0 Å². The molecule has 4 fully saturated rings. The van der Waals surface area contributed by atoms with Crippen LogP contribution in [0.2, 0.25) is 0 Å². The predicted molar refractivity (Wildman–Crippen MR) is 89.7 cm³/mol. The fourth-order valence-electron chi connectivity index (χ4n) is 5.90. The van der Waals surface area contributed by atoms with Crippen molar-refractivity contribution in [3.63, 3.8) is 0 Å². The van der Waals surface area contributed by atoms with Crippen LogP contribution in [0.4, 0.5) is 0 Å². The average Bonchev–Trinajstić information content (AvgIpc) is 2.44. The third-order valence-corrected chi connectivity index (χ3v) is 6.58. The molecule has 4 saturated carbocycles. The third-order valence-electron chi connectivity index (χ3n) is 6.58. The van der Waals surface area contributed by atoms with E-state index in [0.717, 1.165) is 23.3 Å². The standard InChI is InChI=1S/C21H27N/c1-20(2,3)18-7-17(13-22)8-19(9-18)21-10-14-4-15(11-21)6-16(5-14)12-21/h7-9,14-16H,4-6,10-12H2,1-3H3/t14-,15+,16-,21?. The van der Waals surface area contributed by atoms with Crippen LogP contribution in [0.3, 0.4) is 0 Å². The van der Waals surface area contributed by atoms with Crippen LogP contribution >= 0.6 is 0 Å². The van der Waals surface area contributed by atoms with Gasteiger partial charge in [-0.1, -0.05) is 26.8 Å². The minimum absolute atomic E-state index is 0.115. The first kappa shape index (κ1) is 14.3. The average molecular weight is 293 g/mol. The minimum Gasteiger partial charge on any atom is -0.192 e. The summed E-state index contributed by atoms with van der Waals surface area (Å²) >= 11 is 0. The van der Waals surface area contributed by atoms with Gasteiger partial charge in [0.15, 0.2) is 0 Å². The van der Waals surface area contributed by atoms with Gasteiger partial charge in [0.25, 0.3) is 0 Å². The molecule has 4 aliphatic carbocycles. The van der Waals surface area contributed by atoms with Crippen molar-refractivity contribution in [3.05, 3.63) is 34.9 Å². The summed E-state index contributed by atoms with van der Waals surface area (Å²) in [6, 6.07) is 9.16. The van der Waals surface area contributed by atoms with Gasteiger partial charge in [-0.3, -0.25) is 0 Å². The molecule has 116 valence electrons. The highest BCUT2D eigenvalue weighted by atomic mass is 14.6. The van der Waals surface area contributed by atoms with E-state index in [1.165, 1.54) is 49.7 Å². The molecule has 0 N–H and O–H groups in total. The van der Waals surface area contributed by atoms with Crippen molar-refractivity contribution in [2.24, 2.45) is 17.8 Å². The zero-order chi connectivity index (χ0) is 15.5. The molecule has 0 amide bonds. The van der Waals surface area contributed by atoms with Crippen LogP contribution in [-0.4, -0.2) is 0 Å². The largest absolute Gasteiger partial charge is 0.192 e. The van der Waals surface area contributed by atoms with Gasteiger partial charge in [-0.25, -0.2) is 0 Å². The third kappa shape index (κ3) is 2.19. The summed E-state index contributed by atoms with van der Waals surface area (Å²) in [4.78, 5) is 0. The summed E-state index contributed by atoms with van der Waals surface area (Å²) in [5.41, 5.74) is 4.18. The van der Waals surface area contributed by atoms with Gasteiger partial charge >= 0.3 is 0 Å². The Kier molecular flexibility index (Phi) is 3.00. The predicted octanol–water partition coefficient (Wildman–Crippen LogP) is 5.32. The van der Waals surface area contributed by atoms with Crippen molar-refractivity contribution in [2.75, 3.05) is 0 Å². The number of nitriles is 1. The normalized spacial score (nSPS) is 36.4. The van der Waals surface area contributed by atoms with E-state index in [-0.39, 0.29) is 5.41 Å². The quantitative estimate of drug-likeness (QED) is 0.687. The highest BCUT2D eigenvalue weighted by Gasteiger charge is 2.51.